The highest BCUT2D eigenvalue weighted by Gasteiger charge is 2.25. The van der Waals surface area contributed by atoms with Gasteiger partial charge in [0.1, 0.15) is 0 Å². The van der Waals surface area contributed by atoms with Gasteiger partial charge in [0.2, 0.25) is 0 Å². The van der Waals surface area contributed by atoms with Crippen molar-refractivity contribution < 1.29 is 9.53 Å². The first-order valence-corrected chi connectivity index (χ1v) is 6.45. The van der Waals surface area contributed by atoms with E-state index in [1.165, 1.54) is 0 Å². The Labute approximate surface area is 120 Å². The van der Waals surface area contributed by atoms with Gasteiger partial charge < -0.3 is 15.4 Å². The van der Waals surface area contributed by atoms with Crippen molar-refractivity contribution in [2.24, 2.45) is 5.73 Å². The first kappa shape index (κ1) is 16.0. The van der Waals surface area contributed by atoms with E-state index in [4.69, 9.17) is 10.5 Å². The summed E-state index contributed by atoms with van der Waals surface area (Å²) in [5.41, 5.74) is 7.50. The monoisotopic (exact) mass is 284 g/mol. The highest BCUT2D eigenvalue weighted by Crippen LogP contribution is 2.15. The molecule has 0 bridgehead atoms. The number of ether oxygens (including phenoxy) is 1. The number of hydrogen-bond acceptors (Lipinski definition) is 3. The molecule has 1 aliphatic heterocycles. The lowest BCUT2D eigenvalue weighted by atomic mass is 10.0. The summed E-state index contributed by atoms with van der Waals surface area (Å²) in [6.45, 7) is 4.33. The molecular formula is C14H21ClN2O2. The Kier molecular flexibility index (Phi) is 6.28. The molecule has 0 spiro atoms. The van der Waals surface area contributed by atoms with Gasteiger partial charge >= 0.3 is 0 Å². The topological polar surface area (TPSA) is 55.6 Å². The molecular weight excluding hydrogens is 264 g/mol. The fourth-order valence-electron chi connectivity index (χ4n) is 2.25. The van der Waals surface area contributed by atoms with Gasteiger partial charge in [-0.05, 0) is 18.1 Å². The number of amides is 1. The molecule has 2 rings (SSSR count). The third-order valence-electron chi connectivity index (χ3n) is 3.32. The normalized spacial score (nSPS) is 18.8. The van der Waals surface area contributed by atoms with Crippen LogP contribution < -0.4 is 5.73 Å². The maximum Gasteiger partial charge on any atom is 0.254 e. The van der Waals surface area contributed by atoms with Gasteiger partial charge in [0, 0.05) is 25.2 Å². The van der Waals surface area contributed by atoms with E-state index in [1.54, 1.807) is 0 Å². The third kappa shape index (κ3) is 3.69. The van der Waals surface area contributed by atoms with Crippen molar-refractivity contribution in [3.8, 4) is 0 Å². The molecule has 0 aliphatic carbocycles. The summed E-state index contributed by atoms with van der Waals surface area (Å²) in [7, 11) is 0. The summed E-state index contributed by atoms with van der Waals surface area (Å²) in [4.78, 5) is 14.3. The van der Waals surface area contributed by atoms with E-state index >= 15 is 0 Å². The fourth-order valence-corrected chi connectivity index (χ4v) is 2.25. The molecule has 0 aromatic heterocycles. The van der Waals surface area contributed by atoms with Crippen molar-refractivity contribution in [2.45, 2.75) is 19.4 Å². The molecule has 1 heterocycles. The van der Waals surface area contributed by atoms with Crippen LogP contribution in [-0.2, 0) is 11.2 Å². The zero-order valence-electron chi connectivity index (χ0n) is 11.2. The van der Waals surface area contributed by atoms with Crippen molar-refractivity contribution in [1.29, 1.82) is 0 Å². The number of aryl methyl sites for hydroxylation is 1. The number of nitrogens with zero attached hydrogens (tertiary/aromatic N) is 1. The molecule has 1 unspecified atom stereocenters. The van der Waals surface area contributed by atoms with Gasteiger partial charge in [0.15, 0.2) is 0 Å². The fraction of sp³-hybridized carbons (Fsp3) is 0.500. The van der Waals surface area contributed by atoms with Crippen molar-refractivity contribution in [3.05, 3.63) is 35.4 Å². The van der Waals surface area contributed by atoms with Crippen molar-refractivity contribution in [2.75, 3.05) is 26.2 Å². The van der Waals surface area contributed by atoms with Gasteiger partial charge in [0.25, 0.3) is 5.91 Å². The molecule has 1 aromatic rings. The highest BCUT2D eigenvalue weighted by atomic mass is 35.5. The molecule has 5 heteroatoms. The standard InChI is InChI=1S/C14H20N2O2.ClH/c1-2-11-5-3-4-6-13(11)14(17)16-7-8-18-12(9-15)10-16;/h3-6,12H,2,7-10,15H2,1H3;1H. The number of morpholine rings is 1. The second kappa shape index (κ2) is 7.48. The van der Waals surface area contributed by atoms with Crippen LogP contribution in [0.5, 0.6) is 0 Å². The van der Waals surface area contributed by atoms with E-state index in [1.807, 2.05) is 29.2 Å². The molecule has 2 N–H and O–H groups in total. The number of hydrogen-bond donors (Lipinski definition) is 1. The summed E-state index contributed by atoms with van der Waals surface area (Å²) in [6.07, 6.45) is 0.837. The maximum absolute atomic E-state index is 12.5. The number of carbonyl (C=O) groups excluding carboxylic acids is 1. The van der Waals surface area contributed by atoms with Crippen LogP contribution >= 0.6 is 12.4 Å². The Hall–Kier alpha value is -1.10. The minimum absolute atomic E-state index is 0. The molecule has 1 aliphatic rings. The lowest BCUT2D eigenvalue weighted by Crippen LogP contribution is -2.48. The molecule has 1 saturated heterocycles. The van der Waals surface area contributed by atoms with Crippen LogP contribution in [-0.4, -0.2) is 43.2 Å². The van der Waals surface area contributed by atoms with Gasteiger partial charge in [-0.15, -0.1) is 12.4 Å². The summed E-state index contributed by atoms with van der Waals surface area (Å²) >= 11 is 0. The Balaban J connectivity index is 0.00000180. The average Bonchev–Trinajstić information content (AvgIpc) is 2.46. The second-order valence-corrected chi connectivity index (χ2v) is 4.49. The Morgan fingerprint density at radius 1 is 1.47 bits per heavy atom. The minimum Gasteiger partial charge on any atom is -0.373 e. The van der Waals surface area contributed by atoms with Crippen LogP contribution in [0.1, 0.15) is 22.8 Å². The number of halogens is 1. The molecule has 106 valence electrons. The number of rotatable bonds is 3. The summed E-state index contributed by atoms with van der Waals surface area (Å²) < 4.78 is 5.48. The zero-order valence-corrected chi connectivity index (χ0v) is 12.0. The van der Waals surface area contributed by atoms with Crippen LogP contribution in [0.15, 0.2) is 24.3 Å². The summed E-state index contributed by atoms with van der Waals surface area (Å²) in [6, 6.07) is 7.78. The second-order valence-electron chi connectivity index (χ2n) is 4.49. The Morgan fingerprint density at radius 2 is 2.21 bits per heavy atom. The van der Waals surface area contributed by atoms with Crippen LogP contribution in [0.25, 0.3) is 0 Å². The first-order chi connectivity index (χ1) is 8.76. The summed E-state index contributed by atoms with van der Waals surface area (Å²) in [5.74, 6) is 0.0919. The molecule has 19 heavy (non-hydrogen) atoms. The maximum atomic E-state index is 12.5. The molecule has 0 radical (unpaired) electrons. The molecule has 4 nitrogen and oxygen atoms in total. The predicted octanol–water partition coefficient (Wildman–Crippen LogP) is 1.47. The van der Waals surface area contributed by atoms with Crippen molar-refractivity contribution in [3.63, 3.8) is 0 Å². The summed E-state index contributed by atoms with van der Waals surface area (Å²) in [5, 5.41) is 0. The Morgan fingerprint density at radius 3 is 2.89 bits per heavy atom. The number of nitrogens with two attached hydrogens (primary N) is 1. The van der Waals surface area contributed by atoms with Crippen molar-refractivity contribution in [1.82, 2.24) is 4.90 Å². The van der Waals surface area contributed by atoms with E-state index in [9.17, 15) is 4.79 Å². The lowest BCUT2D eigenvalue weighted by molar-refractivity contribution is -0.0167. The average molecular weight is 285 g/mol. The predicted molar refractivity (Wildman–Crippen MR) is 77.8 cm³/mol. The zero-order chi connectivity index (χ0) is 13.0. The smallest absolute Gasteiger partial charge is 0.254 e. The van der Waals surface area contributed by atoms with Crippen LogP contribution in [0, 0.1) is 0 Å². The number of carbonyl (C=O) groups is 1. The van der Waals surface area contributed by atoms with Gasteiger partial charge in [-0.2, -0.15) is 0 Å². The van der Waals surface area contributed by atoms with Crippen LogP contribution in [0.3, 0.4) is 0 Å². The van der Waals surface area contributed by atoms with Gasteiger partial charge in [0.05, 0.1) is 12.7 Å². The largest absolute Gasteiger partial charge is 0.373 e. The van der Waals surface area contributed by atoms with E-state index in [0.29, 0.717) is 26.2 Å². The van der Waals surface area contributed by atoms with Crippen LogP contribution in [0.4, 0.5) is 0 Å². The Bertz CT molecular complexity index is 426. The van der Waals surface area contributed by atoms with E-state index in [2.05, 4.69) is 6.92 Å². The highest BCUT2D eigenvalue weighted by molar-refractivity contribution is 5.95. The van der Waals surface area contributed by atoms with Gasteiger partial charge in [-0.25, -0.2) is 0 Å². The SMILES string of the molecule is CCc1ccccc1C(=O)N1CCOC(CN)C1.Cl. The molecule has 1 aromatic carbocycles. The van der Waals surface area contributed by atoms with Gasteiger partial charge in [-0.1, -0.05) is 25.1 Å². The third-order valence-corrected chi connectivity index (χ3v) is 3.32. The van der Waals surface area contributed by atoms with E-state index in [-0.39, 0.29) is 24.4 Å². The van der Waals surface area contributed by atoms with Gasteiger partial charge in [-0.3, -0.25) is 4.79 Å². The van der Waals surface area contributed by atoms with E-state index < -0.39 is 0 Å². The quantitative estimate of drug-likeness (QED) is 0.914. The lowest BCUT2D eigenvalue weighted by Gasteiger charge is -2.32. The molecule has 1 amide bonds. The van der Waals surface area contributed by atoms with Crippen molar-refractivity contribution >= 4 is 18.3 Å². The minimum atomic E-state index is -0.0310. The van der Waals surface area contributed by atoms with E-state index in [0.717, 1.165) is 17.5 Å². The molecule has 1 fully saturated rings. The first-order valence-electron chi connectivity index (χ1n) is 6.45. The molecule has 0 saturated carbocycles. The number of benzene rings is 1. The molecule has 1 atom stereocenters. The van der Waals surface area contributed by atoms with Crippen LogP contribution in [0.2, 0.25) is 0 Å².